The van der Waals surface area contributed by atoms with E-state index in [0.29, 0.717) is 6.42 Å². The van der Waals surface area contributed by atoms with Gasteiger partial charge in [0.1, 0.15) is 24.0 Å². The second kappa shape index (κ2) is 12.9. The minimum atomic E-state index is -4.09. The van der Waals surface area contributed by atoms with Crippen molar-refractivity contribution < 1.29 is 27.7 Å². The molecular weight excluding hydrogens is 568 g/mol. The molecular formula is C24H31BrN4O7S. The Hall–Kier alpha value is -3.19. The number of non-ortho nitro benzene ring substituents is 1. The minimum absolute atomic E-state index is 0.0326. The summed E-state index contributed by atoms with van der Waals surface area (Å²) in [5.74, 6) is -1.03. The lowest BCUT2D eigenvalue weighted by atomic mass is 10.1. The highest BCUT2D eigenvalue weighted by atomic mass is 79.9. The van der Waals surface area contributed by atoms with E-state index in [0.717, 1.165) is 26.7 Å². The third-order valence-corrected chi connectivity index (χ3v) is 7.41. The van der Waals surface area contributed by atoms with Crippen molar-refractivity contribution in [2.75, 3.05) is 24.2 Å². The molecule has 0 heterocycles. The fourth-order valence-corrected chi connectivity index (χ4v) is 4.53. The molecule has 0 saturated heterocycles. The zero-order valence-corrected chi connectivity index (χ0v) is 23.7. The van der Waals surface area contributed by atoms with Crippen molar-refractivity contribution in [3.05, 3.63) is 62.6 Å². The number of nitrogens with one attached hydrogen (secondary N) is 1. The van der Waals surface area contributed by atoms with Gasteiger partial charge in [0.25, 0.3) is 5.69 Å². The van der Waals surface area contributed by atoms with Crippen LogP contribution in [0.25, 0.3) is 0 Å². The number of methoxy groups -OCH3 is 1. The summed E-state index contributed by atoms with van der Waals surface area (Å²) in [5.41, 5.74) is 0.191. The van der Waals surface area contributed by atoms with Gasteiger partial charge in [0.15, 0.2) is 0 Å². The summed E-state index contributed by atoms with van der Waals surface area (Å²) in [4.78, 5) is 38.5. The fourth-order valence-electron chi connectivity index (χ4n) is 3.42. The minimum Gasteiger partial charge on any atom is -0.495 e. The molecule has 2 aromatic carbocycles. The first-order chi connectivity index (χ1) is 17.3. The van der Waals surface area contributed by atoms with E-state index in [1.165, 1.54) is 24.1 Å². The van der Waals surface area contributed by atoms with Gasteiger partial charge in [-0.2, -0.15) is 0 Å². The molecule has 0 radical (unpaired) electrons. The summed E-state index contributed by atoms with van der Waals surface area (Å²) >= 11 is 3.36. The van der Waals surface area contributed by atoms with E-state index in [9.17, 15) is 28.1 Å². The summed E-state index contributed by atoms with van der Waals surface area (Å²) in [6.07, 6.45) is 1.57. The van der Waals surface area contributed by atoms with E-state index < -0.39 is 39.3 Å². The van der Waals surface area contributed by atoms with Crippen LogP contribution in [0.3, 0.4) is 0 Å². The molecule has 0 spiro atoms. The first kappa shape index (κ1) is 30.0. The Morgan fingerprint density at radius 2 is 1.78 bits per heavy atom. The topological polar surface area (TPSA) is 139 Å². The summed E-state index contributed by atoms with van der Waals surface area (Å²) in [5, 5.41) is 14.2. The molecule has 2 amide bonds. The number of nitro benzene ring substituents is 1. The summed E-state index contributed by atoms with van der Waals surface area (Å²) in [6.45, 7) is 4.65. The number of hydrogen-bond donors (Lipinski definition) is 1. The van der Waals surface area contributed by atoms with Crippen molar-refractivity contribution >= 4 is 49.1 Å². The van der Waals surface area contributed by atoms with Crippen LogP contribution in [-0.4, -0.2) is 62.0 Å². The Bertz CT molecular complexity index is 1240. The largest absolute Gasteiger partial charge is 0.495 e. The van der Waals surface area contributed by atoms with Crippen LogP contribution in [0.2, 0.25) is 0 Å². The summed E-state index contributed by atoms with van der Waals surface area (Å²) in [6, 6.07) is 9.55. The zero-order valence-electron chi connectivity index (χ0n) is 21.3. The molecule has 0 bridgehead atoms. The average molecular weight is 600 g/mol. The monoisotopic (exact) mass is 598 g/mol. The average Bonchev–Trinajstić information content (AvgIpc) is 2.85. The van der Waals surface area contributed by atoms with Gasteiger partial charge in [0.2, 0.25) is 21.8 Å². The van der Waals surface area contributed by atoms with Crippen LogP contribution in [0.15, 0.2) is 46.9 Å². The highest BCUT2D eigenvalue weighted by Crippen LogP contribution is 2.34. The van der Waals surface area contributed by atoms with E-state index in [2.05, 4.69) is 21.2 Å². The third kappa shape index (κ3) is 8.15. The number of anilines is 1. The molecule has 13 heteroatoms. The number of carbonyl (C=O) groups is 2. The van der Waals surface area contributed by atoms with Crippen LogP contribution < -0.4 is 14.4 Å². The van der Waals surface area contributed by atoms with Crippen molar-refractivity contribution in [2.24, 2.45) is 0 Å². The highest BCUT2D eigenvalue weighted by molar-refractivity contribution is 9.10. The van der Waals surface area contributed by atoms with Crippen molar-refractivity contribution in [3.63, 3.8) is 0 Å². The van der Waals surface area contributed by atoms with Gasteiger partial charge in [-0.3, -0.25) is 24.0 Å². The molecule has 0 unspecified atom stereocenters. The summed E-state index contributed by atoms with van der Waals surface area (Å²) in [7, 11) is -2.81. The van der Waals surface area contributed by atoms with Crippen LogP contribution >= 0.6 is 15.9 Å². The van der Waals surface area contributed by atoms with Gasteiger partial charge in [-0.25, -0.2) is 8.42 Å². The van der Waals surface area contributed by atoms with Gasteiger partial charge in [-0.05, 0) is 44.0 Å². The maximum Gasteiger partial charge on any atom is 0.271 e. The van der Waals surface area contributed by atoms with Crippen molar-refractivity contribution in [1.29, 1.82) is 0 Å². The number of nitrogens with zero attached hydrogens (tertiary/aromatic N) is 3. The van der Waals surface area contributed by atoms with Crippen LogP contribution in [0.5, 0.6) is 5.75 Å². The quantitative estimate of drug-likeness (QED) is 0.291. The van der Waals surface area contributed by atoms with Crippen molar-refractivity contribution in [1.82, 2.24) is 10.2 Å². The van der Waals surface area contributed by atoms with Gasteiger partial charge in [0, 0.05) is 29.2 Å². The normalized spacial score (nSPS) is 12.8. The fraction of sp³-hybridized carbons (Fsp3) is 0.417. The summed E-state index contributed by atoms with van der Waals surface area (Å²) < 4.78 is 32.3. The highest BCUT2D eigenvalue weighted by Gasteiger charge is 2.32. The number of nitro groups is 1. The molecule has 1 N–H and O–H groups in total. The number of rotatable bonds is 12. The number of sulfonamides is 1. The van der Waals surface area contributed by atoms with Crippen molar-refractivity contribution in [3.8, 4) is 5.75 Å². The Kier molecular flexibility index (Phi) is 10.4. The first-order valence-electron chi connectivity index (χ1n) is 11.4. The SMILES string of the molecule is CC[C@@H](C)NC(=O)[C@@H](C)N(Cc1ccc(Br)cc1)C(=O)CN(c1cc([N+](=O)[O-])ccc1OC)S(C)(=O)=O. The first-order valence-corrected chi connectivity index (χ1v) is 14.1. The van der Waals surface area contributed by atoms with Crippen LogP contribution in [0.4, 0.5) is 11.4 Å². The Morgan fingerprint density at radius 3 is 2.30 bits per heavy atom. The number of carbonyl (C=O) groups excluding carboxylic acids is 2. The molecule has 0 fully saturated rings. The molecule has 0 aliphatic rings. The van der Waals surface area contributed by atoms with Crippen LogP contribution in [0, 0.1) is 10.1 Å². The van der Waals surface area contributed by atoms with E-state index in [1.54, 1.807) is 31.2 Å². The van der Waals surface area contributed by atoms with Gasteiger partial charge in [-0.15, -0.1) is 0 Å². The lowest BCUT2D eigenvalue weighted by Crippen LogP contribution is -2.52. The van der Waals surface area contributed by atoms with Gasteiger partial charge >= 0.3 is 0 Å². The number of hydrogen-bond acceptors (Lipinski definition) is 7. The lowest BCUT2D eigenvalue weighted by molar-refractivity contribution is -0.384. The van der Waals surface area contributed by atoms with Crippen LogP contribution in [-0.2, 0) is 26.2 Å². The Labute approximate surface area is 225 Å². The smallest absolute Gasteiger partial charge is 0.271 e. The molecule has 11 nitrogen and oxygen atoms in total. The number of benzene rings is 2. The molecule has 2 rings (SSSR count). The molecule has 0 saturated carbocycles. The van der Waals surface area contributed by atoms with Gasteiger partial charge in [0.05, 0.1) is 18.3 Å². The predicted octanol–water partition coefficient (Wildman–Crippen LogP) is 3.46. The maximum absolute atomic E-state index is 13.6. The molecule has 0 aromatic heterocycles. The molecule has 37 heavy (non-hydrogen) atoms. The van der Waals surface area contributed by atoms with E-state index in [-0.39, 0.29) is 29.7 Å². The van der Waals surface area contributed by atoms with Gasteiger partial charge < -0.3 is 15.0 Å². The van der Waals surface area contributed by atoms with E-state index in [4.69, 9.17) is 4.74 Å². The number of halogens is 1. The molecule has 2 atom stereocenters. The van der Waals surface area contributed by atoms with Crippen LogP contribution in [0.1, 0.15) is 32.8 Å². The Balaban J connectivity index is 2.50. The van der Waals surface area contributed by atoms with Crippen molar-refractivity contribution in [2.45, 2.75) is 45.8 Å². The van der Waals surface area contributed by atoms with E-state index >= 15 is 0 Å². The molecule has 0 aliphatic carbocycles. The maximum atomic E-state index is 13.6. The second-order valence-corrected chi connectivity index (χ2v) is 11.3. The Morgan fingerprint density at radius 1 is 1.16 bits per heavy atom. The third-order valence-electron chi connectivity index (χ3n) is 5.76. The van der Waals surface area contributed by atoms with Gasteiger partial charge in [-0.1, -0.05) is 35.0 Å². The lowest BCUT2D eigenvalue weighted by Gasteiger charge is -2.32. The molecule has 2 aromatic rings. The molecule has 202 valence electrons. The number of amides is 2. The zero-order chi connectivity index (χ0) is 27.9. The standard InChI is InChI=1S/C24H31BrN4O7S/c1-6-16(2)26-24(31)17(3)27(14-18-7-9-19(25)10-8-18)23(30)15-28(37(5,34)35)21-13-20(29(32)33)11-12-22(21)36-4/h7-13,16-17H,6,14-15H2,1-5H3,(H,26,31)/t16-,17-/m1/s1. The second-order valence-electron chi connectivity index (χ2n) is 8.52. The molecule has 0 aliphatic heterocycles. The van der Waals surface area contributed by atoms with E-state index in [1.807, 2.05) is 13.8 Å². The number of ether oxygens (including phenoxy) is 1. The predicted molar refractivity (Wildman–Crippen MR) is 144 cm³/mol.